The zero-order valence-electron chi connectivity index (χ0n) is 29.7. The molecule has 1 aliphatic heterocycles. The number of hydrogen-bond acceptors (Lipinski definition) is 8. The van der Waals surface area contributed by atoms with E-state index in [2.05, 4.69) is 68.6 Å². The molecule has 0 saturated carbocycles. The van der Waals surface area contributed by atoms with Crippen molar-refractivity contribution in [2.75, 3.05) is 37.8 Å². The fraction of sp³-hybridized carbons (Fsp3) is 0.359. The average molecular weight is 710 g/mol. The van der Waals surface area contributed by atoms with E-state index in [4.69, 9.17) is 4.74 Å². The van der Waals surface area contributed by atoms with Crippen molar-refractivity contribution in [2.24, 2.45) is 0 Å². The van der Waals surface area contributed by atoms with Crippen LogP contribution in [0.3, 0.4) is 0 Å². The van der Waals surface area contributed by atoms with Crippen LogP contribution >= 0.6 is 11.3 Å². The first kappa shape index (κ1) is 36.1. The fourth-order valence-corrected chi connectivity index (χ4v) is 7.07. The molecule has 0 radical (unpaired) electrons. The molecule has 1 fully saturated rings. The molecule has 268 valence electrons. The summed E-state index contributed by atoms with van der Waals surface area (Å²) in [5.41, 5.74) is 5.41. The van der Waals surface area contributed by atoms with Gasteiger partial charge in [0.1, 0.15) is 5.75 Å². The maximum atomic E-state index is 13.2. The molecule has 0 unspecified atom stereocenters. The highest BCUT2D eigenvalue weighted by Gasteiger charge is 2.20. The molecule has 11 nitrogen and oxygen atoms in total. The zero-order valence-corrected chi connectivity index (χ0v) is 30.5. The number of nitrogens with zero attached hydrogens (tertiary/aromatic N) is 4. The van der Waals surface area contributed by atoms with Crippen LogP contribution < -0.4 is 20.7 Å². The highest BCUT2D eigenvalue weighted by molar-refractivity contribution is 7.17. The number of amides is 3. The minimum Gasteiger partial charge on any atom is -0.445 e. The van der Waals surface area contributed by atoms with E-state index in [1.807, 2.05) is 67.5 Å². The standard InChI is InChI=1S/C39H47N7O4S/c1-5-29(6-2)41-38(49)42-30-13-16-35(27(21-30)23-44(3)4)50-36-22-40-39(51-36)43-37(48)26-11-14-31(15-12-26)46-25-28(33-9-7-8-10-34(33)46)24-45-19-17-32(47)18-20-45/h7-16,21-22,25,29,32,47H,5-6,17-20,23-24H2,1-4H3,(H,40,43,48)(H2,41,42,49). The first-order chi connectivity index (χ1) is 24.7. The first-order valence-corrected chi connectivity index (χ1v) is 18.4. The number of aliphatic hydroxyl groups is 1. The minimum absolute atomic E-state index is 0.126. The van der Waals surface area contributed by atoms with E-state index >= 15 is 0 Å². The van der Waals surface area contributed by atoms with E-state index < -0.39 is 0 Å². The molecule has 0 bridgehead atoms. The predicted molar refractivity (Wildman–Crippen MR) is 204 cm³/mol. The van der Waals surface area contributed by atoms with E-state index in [1.165, 1.54) is 22.3 Å². The highest BCUT2D eigenvalue weighted by atomic mass is 32.1. The fourth-order valence-electron chi connectivity index (χ4n) is 6.39. The summed E-state index contributed by atoms with van der Waals surface area (Å²) in [5.74, 6) is 0.380. The van der Waals surface area contributed by atoms with Gasteiger partial charge < -0.3 is 29.9 Å². The highest BCUT2D eigenvalue weighted by Crippen LogP contribution is 2.34. The number of fused-ring (bicyclic) bond motifs is 1. The summed E-state index contributed by atoms with van der Waals surface area (Å²) in [4.78, 5) is 34.6. The molecule has 1 aliphatic rings. The van der Waals surface area contributed by atoms with Crippen LogP contribution in [-0.2, 0) is 13.1 Å². The normalized spacial score (nSPS) is 13.9. The van der Waals surface area contributed by atoms with Crippen molar-refractivity contribution in [1.82, 2.24) is 24.7 Å². The Morgan fingerprint density at radius 1 is 1.00 bits per heavy atom. The summed E-state index contributed by atoms with van der Waals surface area (Å²) in [6, 6.07) is 21.4. The molecular weight excluding hydrogens is 663 g/mol. The van der Waals surface area contributed by atoms with Gasteiger partial charge in [0.25, 0.3) is 5.91 Å². The van der Waals surface area contributed by atoms with Crippen LogP contribution in [0.1, 0.15) is 61.0 Å². The number of carbonyl (C=O) groups is 2. The molecule has 2 aromatic heterocycles. The van der Waals surface area contributed by atoms with E-state index in [1.54, 1.807) is 6.20 Å². The van der Waals surface area contributed by atoms with Gasteiger partial charge in [0, 0.05) is 66.3 Å². The van der Waals surface area contributed by atoms with E-state index in [9.17, 15) is 14.7 Å². The van der Waals surface area contributed by atoms with Gasteiger partial charge >= 0.3 is 6.03 Å². The van der Waals surface area contributed by atoms with Gasteiger partial charge in [-0.15, -0.1) is 0 Å². The lowest BCUT2D eigenvalue weighted by Crippen LogP contribution is -2.37. The Morgan fingerprint density at radius 2 is 1.75 bits per heavy atom. The van der Waals surface area contributed by atoms with Crippen molar-refractivity contribution in [3.8, 4) is 16.5 Å². The Balaban J connectivity index is 1.10. The lowest BCUT2D eigenvalue weighted by atomic mass is 10.1. The van der Waals surface area contributed by atoms with E-state index in [0.29, 0.717) is 33.7 Å². The third-order valence-electron chi connectivity index (χ3n) is 9.19. The van der Waals surface area contributed by atoms with E-state index in [-0.39, 0.29) is 24.1 Å². The van der Waals surface area contributed by atoms with Gasteiger partial charge in [0.15, 0.2) is 5.13 Å². The number of anilines is 2. The Morgan fingerprint density at radius 3 is 2.47 bits per heavy atom. The van der Waals surface area contributed by atoms with Gasteiger partial charge in [0.2, 0.25) is 5.06 Å². The van der Waals surface area contributed by atoms with Crippen LogP contribution in [0, 0.1) is 0 Å². The third kappa shape index (κ3) is 9.14. The van der Waals surface area contributed by atoms with Crippen LogP contribution in [0.5, 0.6) is 10.8 Å². The number of thiazole rings is 1. The van der Waals surface area contributed by atoms with Crippen LogP contribution in [0.2, 0.25) is 0 Å². The summed E-state index contributed by atoms with van der Waals surface area (Å²) >= 11 is 1.24. The lowest BCUT2D eigenvalue weighted by molar-refractivity contribution is 0.0794. The lowest BCUT2D eigenvalue weighted by Gasteiger charge is -2.29. The maximum Gasteiger partial charge on any atom is 0.319 e. The van der Waals surface area contributed by atoms with Crippen molar-refractivity contribution in [3.05, 3.63) is 95.8 Å². The van der Waals surface area contributed by atoms with Gasteiger partial charge in [-0.2, -0.15) is 0 Å². The Hall–Kier alpha value is -4.75. The molecule has 3 heterocycles. The topological polar surface area (TPSA) is 124 Å². The van der Waals surface area contributed by atoms with Crippen LogP contribution in [0.15, 0.2) is 79.1 Å². The van der Waals surface area contributed by atoms with Crippen LogP contribution in [0.4, 0.5) is 15.6 Å². The second-order valence-electron chi connectivity index (χ2n) is 13.3. The van der Waals surface area contributed by atoms with Crippen molar-refractivity contribution < 1.29 is 19.4 Å². The summed E-state index contributed by atoms with van der Waals surface area (Å²) < 4.78 is 8.40. The van der Waals surface area contributed by atoms with Crippen molar-refractivity contribution in [2.45, 2.75) is 64.8 Å². The largest absolute Gasteiger partial charge is 0.445 e. The minimum atomic E-state index is -0.261. The van der Waals surface area contributed by atoms with E-state index in [0.717, 1.165) is 62.1 Å². The Labute approximate surface area is 303 Å². The number of likely N-dealkylation sites (tertiary alicyclic amines) is 1. The molecule has 0 spiro atoms. The average Bonchev–Trinajstić information content (AvgIpc) is 3.73. The van der Waals surface area contributed by atoms with Crippen LogP contribution in [-0.4, -0.2) is 75.7 Å². The summed E-state index contributed by atoms with van der Waals surface area (Å²) in [6.45, 7) is 7.31. The number of carbonyl (C=O) groups excluding carboxylic acids is 2. The number of aliphatic hydroxyl groups excluding tert-OH is 1. The maximum absolute atomic E-state index is 13.2. The molecule has 5 aromatic rings. The molecule has 3 amide bonds. The number of benzene rings is 3. The predicted octanol–water partition coefficient (Wildman–Crippen LogP) is 7.46. The molecule has 0 aliphatic carbocycles. The molecule has 6 rings (SSSR count). The monoisotopic (exact) mass is 709 g/mol. The summed E-state index contributed by atoms with van der Waals surface area (Å²) in [5, 5.41) is 20.9. The molecule has 12 heteroatoms. The third-order valence-corrected chi connectivity index (χ3v) is 9.99. The zero-order chi connectivity index (χ0) is 35.9. The Bertz CT molecular complexity index is 1940. The van der Waals surface area contributed by atoms with Crippen molar-refractivity contribution >= 4 is 45.0 Å². The van der Waals surface area contributed by atoms with Gasteiger partial charge in [-0.3, -0.25) is 15.0 Å². The summed E-state index contributed by atoms with van der Waals surface area (Å²) in [6.07, 6.45) is 6.93. The second-order valence-corrected chi connectivity index (χ2v) is 14.3. The van der Waals surface area contributed by atoms with Crippen molar-refractivity contribution in [3.63, 3.8) is 0 Å². The van der Waals surface area contributed by atoms with Crippen LogP contribution in [0.25, 0.3) is 16.6 Å². The number of piperidine rings is 1. The number of urea groups is 1. The number of nitrogens with one attached hydrogen (secondary N) is 3. The second kappa shape index (κ2) is 16.5. The number of rotatable bonds is 13. The molecule has 3 aromatic carbocycles. The van der Waals surface area contributed by atoms with Gasteiger partial charge in [-0.1, -0.05) is 43.4 Å². The number of ether oxygens (including phenoxy) is 1. The molecule has 4 N–H and O–H groups in total. The van der Waals surface area contributed by atoms with Gasteiger partial charge in [-0.05, 0) is 93.9 Å². The molecule has 1 saturated heterocycles. The quantitative estimate of drug-likeness (QED) is 0.100. The number of para-hydroxylation sites is 1. The molecular formula is C39H47N7O4S. The first-order valence-electron chi connectivity index (χ1n) is 17.6. The molecule has 0 atom stereocenters. The number of aromatic nitrogens is 2. The van der Waals surface area contributed by atoms with Crippen molar-refractivity contribution in [1.29, 1.82) is 0 Å². The number of hydrogen-bond donors (Lipinski definition) is 4. The Kier molecular flexibility index (Phi) is 11.7. The van der Waals surface area contributed by atoms with Gasteiger partial charge in [-0.25, -0.2) is 9.78 Å². The molecule has 51 heavy (non-hydrogen) atoms. The summed E-state index contributed by atoms with van der Waals surface area (Å²) in [7, 11) is 3.94. The van der Waals surface area contributed by atoms with Gasteiger partial charge in [0.05, 0.1) is 17.8 Å². The smallest absolute Gasteiger partial charge is 0.319 e. The SMILES string of the molecule is CCC(CC)NC(=O)Nc1ccc(Oc2cnc(NC(=O)c3ccc(-n4cc(CN5CCC(O)CC5)c5ccccc54)cc3)s2)c(CN(C)C)c1.